The van der Waals surface area contributed by atoms with Crippen LogP contribution in [-0.4, -0.2) is 18.6 Å². The Kier molecular flexibility index (Phi) is 5.18. The smallest absolute Gasteiger partial charge is 0.197 e. The highest BCUT2D eigenvalue weighted by atomic mass is 16.5. The van der Waals surface area contributed by atoms with Crippen molar-refractivity contribution in [2.45, 2.75) is 19.2 Å². The van der Waals surface area contributed by atoms with Crippen LogP contribution in [0.15, 0.2) is 88.3 Å². The first-order valence-corrected chi connectivity index (χ1v) is 10.3. The molecule has 5 nitrogen and oxygen atoms in total. The molecule has 0 fully saturated rings. The number of methoxy groups -OCH3 is 1. The molecule has 5 heteroatoms. The number of nitrogens with zero attached hydrogens (tertiary/aromatic N) is 1. The first-order chi connectivity index (χ1) is 15.2. The lowest BCUT2D eigenvalue weighted by molar-refractivity contribution is 0.140. The molecular weight excluding hydrogens is 390 g/mol. The normalized spacial score (nSPS) is 16.4. The van der Waals surface area contributed by atoms with E-state index >= 15 is 0 Å². The Morgan fingerprint density at radius 1 is 1.00 bits per heavy atom. The number of ether oxygens (including phenoxy) is 2. The number of rotatable bonds is 4. The van der Waals surface area contributed by atoms with Crippen LogP contribution in [0.1, 0.15) is 22.8 Å². The molecule has 1 aromatic heterocycles. The summed E-state index contributed by atoms with van der Waals surface area (Å²) in [6, 6.07) is 23.3. The molecule has 31 heavy (non-hydrogen) atoms. The van der Waals surface area contributed by atoms with Crippen LogP contribution in [0.5, 0.6) is 11.5 Å². The van der Waals surface area contributed by atoms with Gasteiger partial charge >= 0.3 is 0 Å². The van der Waals surface area contributed by atoms with Gasteiger partial charge < -0.3 is 13.9 Å². The van der Waals surface area contributed by atoms with Crippen LogP contribution in [0.2, 0.25) is 0 Å². The maximum Gasteiger partial charge on any atom is 0.197 e. The van der Waals surface area contributed by atoms with Crippen LogP contribution in [0.3, 0.4) is 0 Å². The van der Waals surface area contributed by atoms with E-state index in [9.17, 15) is 4.79 Å². The molecule has 0 saturated heterocycles. The molecule has 1 aliphatic heterocycles. The lowest BCUT2D eigenvalue weighted by Gasteiger charge is -2.25. The zero-order valence-electron chi connectivity index (χ0n) is 17.3. The monoisotopic (exact) mass is 413 g/mol. The Balaban J connectivity index is 1.52. The molecular formula is C26H23NO4. The number of hydrogen-bond donors (Lipinski definition) is 0. The Hall–Kier alpha value is -3.57. The topological polar surface area (TPSA) is 51.9 Å². The second-order valence-electron chi connectivity index (χ2n) is 7.71. The predicted octanol–water partition coefficient (Wildman–Crippen LogP) is 4.94. The van der Waals surface area contributed by atoms with E-state index in [2.05, 4.69) is 11.0 Å². The van der Waals surface area contributed by atoms with Crippen molar-refractivity contribution in [3.05, 3.63) is 106 Å². The average molecular weight is 413 g/mol. The minimum absolute atomic E-state index is 0.00846. The van der Waals surface area contributed by atoms with Gasteiger partial charge in [0.05, 0.1) is 18.8 Å². The maximum atomic E-state index is 13.0. The summed E-state index contributed by atoms with van der Waals surface area (Å²) in [4.78, 5) is 15.3. The highest BCUT2D eigenvalue weighted by Crippen LogP contribution is 2.35. The van der Waals surface area contributed by atoms with Gasteiger partial charge in [0, 0.05) is 36.3 Å². The van der Waals surface area contributed by atoms with E-state index in [4.69, 9.17) is 13.9 Å². The zero-order valence-corrected chi connectivity index (χ0v) is 17.3. The fraction of sp³-hybridized carbons (Fsp3) is 0.192. The third kappa shape index (κ3) is 3.80. The lowest BCUT2D eigenvalue weighted by atomic mass is 10.1. The van der Waals surface area contributed by atoms with Gasteiger partial charge in [0.25, 0.3) is 0 Å². The van der Waals surface area contributed by atoms with E-state index < -0.39 is 0 Å². The SMILES string of the molecule is COc1ccccc1C1CN(Cc2coc3ccccc3c2=O)Cc2ccccc2O1. The third-order valence-corrected chi connectivity index (χ3v) is 5.69. The van der Waals surface area contributed by atoms with Crippen molar-refractivity contribution in [2.24, 2.45) is 0 Å². The summed E-state index contributed by atoms with van der Waals surface area (Å²) in [5, 5.41) is 0.604. The maximum absolute atomic E-state index is 13.0. The minimum Gasteiger partial charge on any atom is -0.496 e. The molecule has 0 saturated carbocycles. The minimum atomic E-state index is -0.229. The van der Waals surface area contributed by atoms with Crippen LogP contribution >= 0.6 is 0 Å². The summed E-state index contributed by atoms with van der Waals surface area (Å²) in [6.45, 7) is 1.76. The molecule has 1 aliphatic rings. The van der Waals surface area contributed by atoms with Crippen LogP contribution < -0.4 is 14.9 Å². The van der Waals surface area contributed by atoms with Gasteiger partial charge in [0.15, 0.2) is 5.43 Å². The highest BCUT2D eigenvalue weighted by molar-refractivity contribution is 5.76. The third-order valence-electron chi connectivity index (χ3n) is 5.69. The Morgan fingerprint density at radius 2 is 1.77 bits per heavy atom. The summed E-state index contributed by atoms with van der Waals surface area (Å²) >= 11 is 0. The Bertz CT molecular complexity index is 1280. The van der Waals surface area contributed by atoms with Crippen LogP contribution in [0.25, 0.3) is 11.0 Å². The molecule has 2 heterocycles. The molecule has 0 bridgehead atoms. The van der Waals surface area contributed by atoms with Crippen molar-refractivity contribution < 1.29 is 13.9 Å². The largest absolute Gasteiger partial charge is 0.496 e. The lowest BCUT2D eigenvalue weighted by Crippen LogP contribution is -2.30. The van der Waals surface area contributed by atoms with Crippen molar-refractivity contribution in [3.8, 4) is 11.5 Å². The van der Waals surface area contributed by atoms with Crippen LogP contribution in [-0.2, 0) is 13.1 Å². The van der Waals surface area contributed by atoms with Crippen LogP contribution in [0, 0.1) is 0 Å². The molecule has 156 valence electrons. The fourth-order valence-corrected chi connectivity index (χ4v) is 4.16. The van der Waals surface area contributed by atoms with Gasteiger partial charge in [-0.05, 0) is 24.3 Å². The summed E-state index contributed by atoms with van der Waals surface area (Å²) in [5.74, 6) is 1.64. The summed E-state index contributed by atoms with van der Waals surface area (Å²) in [5.41, 5.74) is 3.32. The second-order valence-corrected chi connectivity index (χ2v) is 7.71. The Morgan fingerprint density at radius 3 is 2.68 bits per heavy atom. The predicted molar refractivity (Wildman–Crippen MR) is 119 cm³/mol. The van der Waals surface area contributed by atoms with Gasteiger partial charge in [0.2, 0.25) is 0 Å². The molecule has 5 rings (SSSR count). The molecule has 3 aromatic carbocycles. The molecule has 1 unspecified atom stereocenters. The fourth-order valence-electron chi connectivity index (χ4n) is 4.16. The first-order valence-electron chi connectivity index (χ1n) is 10.3. The number of hydrogen-bond acceptors (Lipinski definition) is 5. The summed E-state index contributed by atoms with van der Waals surface area (Å²) < 4.78 is 17.8. The molecule has 4 aromatic rings. The van der Waals surface area contributed by atoms with Crippen molar-refractivity contribution >= 4 is 11.0 Å². The van der Waals surface area contributed by atoms with Gasteiger partial charge in [-0.3, -0.25) is 9.69 Å². The summed E-state index contributed by atoms with van der Waals surface area (Å²) in [6.07, 6.45) is 1.35. The van der Waals surface area contributed by atoms with E-state index in [-0.39, 0.29) is 11.5 Å². The molecule has 0 amide bonds. The van der Waals surface area contributed by atoms with E-state index in [0.717, 1.165) is 22.6 Å². The number of fused-ring (bicyclic) bond motifs is 2. The standard InChI is InChI=1S/C26H23NO4/c1-29-23-12-6-3-9-20(23)25-16-27(14-18-8-2-5-11-22(18)31-25)15-19-17-30-24-13-7-4-10-21(24)26(19)28/h2-13,17,25H,14-16H2,1H3. The van der Waals surface area contributed by atoms with Crippen LogP contribution in [0.4, 0.5) is 0 Å². The molecule has 1 atom stereocenters. The quantitative estimate of drug-likeness (QED) is 0.474. The van der Waals surface area contributed by atoms with E-state index in [0.29, 0.717) is 36.2 Å². The van der Waals surface area contributed by atoms with E-state index in [1.54, 1.807) is 13.4 Å². The van der Waals surface area contributed by atoms with Gasteiger partial charge in [-0.2, -0.15) is 0 Å². The number of para-hydroxylation sites is 3. The molecule has 0 radical (unpaired) electrons. The van der Waals surface area contributed by atoms with E-state index in [1.165, 1.54) is 0 Å². The Labute approximate surface area is 180 Å². The van der Waals surface area contributed by atoms with Crippen molar-refractivity contribution in [1.82, 2.24) is 4.90 Å². The highest BCUT2D eigenvalue weighted by Gasteiger charge is 2.27. The molecule has 0 spiro atoms. The zero-order chi connectivity index (χ0) is 21.2. The van der Waals surface area contributed by atoms with E-state index in [1.807, 2.05) is 66.7 Å². The van der Waals surface area contributed by atoms with Gasteiger partial charge in [-0.15, -0.1) is 0 Å². The second kappa shape index (κ2) is 8.28. The average Bonchev–Trinajstić information content (AvgIpc) is 3.00. The van der Waals surface area contributed by atoms with Gasteiger partial charge in [0.1, 0.15) is 23.2 Å². The van der Waals surface area contributed by atoms with Gasteiger partial charge in [-0.1, -0.05) is 48.5 Å². The first kappa shape index (κ1) is 19.4. The molecule has 0 aliphatic carbocycles. The van der Waals surface area contributed by atoms with Crippen molar-refractivity contribution in [1.29, 1.82) is 0 Å². The van der Waals surface area contributed by atoms with Gasteiger partial charge in [-0.25, -0.2) is 0 Å². The van der Waals surface area contributed by atoms with Crippen molar-refractivity contribution in [3.63, 3.8) is 0 Å². The summed E-state index contributed by atoms with van der Waals surface area (Å²) in [7, 11) is 1.67. The molecule has 0 N–H and O–H groups in total. The van der Waals surface area contributed by atoms with Crippen molar-refractivity contribution in [2.75, 3.05) is 13.7 Å². The number of benzene rings is 3.